The summed E-state index contributed by atoms with van der Waals surface area (Å²) in [5, 5.41) is 2.89. The predicted octanol–water partition coefficient (Wildman–Crippen LogP) is 0.894. The van der Waals surface area contributed by atoms with Crippen LogP contribution in [0.2, 0.25) is 0 Å². The maximum atomic E-state index is 12.5. The van der Waals surface area contributed by atoms with Crippen molar-refractivity contribution in [2.45, 2.75) is 44.2 Å². The van der Waals surface area contributed by atoms with Gasteiger partial charge in [0.15, 0.2) is 0 Å². The van der Waals surface area contributed by atoms with E-state index in [0.29, 0.717) is 25.8 Å². The summed E-state index contributed by atoms with van der Waals surface area (Å²) in [5.41, 5.74) is 1.08. The van der Waals surface area contributed by atoms with E-state index in [-0.39, 0.29) is 23.9 Å². The third-order valence-corrected chi connectivity index (χ3v) is 4.21. The number of nitrogens with zero attached hydrogens (tertiary/aromatic N) is 2. The van der Waals surface area contributed by atoms with Crippen molar-refractivity contribution in [3.05, 3.63) is 30.1 Å². The van der Waals surface area contributed by atoms with Crippen LogP contribution >= 0.6 is 0 Å². The van der Waals surface area contributed by atoms with Crippen molar-refractivity contribution < 1.29 is 9.59 Å². The fourth-order valence-electron chi connectivity index (χ4n) is 3.21. The largest absolute Gasteiger partial charge is 0.354 e. The standard InChI is InChI=1S/C15H19N3O2/c19-14-8-12-4-5-13(10-17-14)18(12)15(20)6-3-11-2-1-7-16-9-11/h1-2,7,9,12-13H,3-6,8,10H2,(H,17,19)/t12-,13+/m1/s1. The van der Waals surface area contributed by atoms with E-state index >= 15 is 0 Å². The van der Waals surface area contributed by atoms with E-state index < -0.39 is 0 Å². The summed E-state index contributed by atoms with van der Waals surface area (Å²) in [6.07, 6.45) is 7.15. The van der Waals surface area contributed by atoms with Gasteiger partial charge < -0.3 is 10.2 Å². The van der Waals surface area contributed by atoms with Gasteiger partial charge in [-0.2, -0.15) is 0 Å². The first kappa shape index (κ1) is 13.1. The average molecular weight is 273 g/mol. The number of nitrogens with one attached hydrogen (secondary N) is 1. The fourth-order valence-corrected chi connectivity index (χ4v) is 3.21. The third kappa shape index (κ3) is 2.66. The van der Waals surface area contributed by atoms with Crippen molar-refractivity contribution in [2.24, 2.45) is 0 Å². The van der Waals surface area contributed by atoms with Crippen molar-refractivity contribution in [3.8, 4) is 0 Å². The molecular weight excluding hydrogens is 254 g/mol. The van der Waals surface area contributed by atoms with E-state index in [1.807, 2.05) is 17.0 Å². The number of fused-ring (bicyclic) bond motifs is 2. The molecule has 3 heterocycles. The van der Waals surface area contributed by atoms with Crippen molar-refractivity contribution in [3.63, 3.8) is 0 Å². The van der Waals surface area contributed by atoms with Crippen LogP contribution in [0, 0.1) is 0 Å². The highest BCUT2D eigenvalue weighted by atomic mass is 16.2. The van der Waals surface area contributed by atoms with Gasteiger partial charge in [0.1, 0.15) is 0 Å². The molecule has 3 rings (SSSR count). The molecule has 0 aromatic carbocycles. The van der Waals surface area contributed by atoms with E-state index in [1.165, 1.54) is 0 Å². The lowest BCUT2D eigenvalue weighted by Gasteiger charge is -2.27. The van der Waals surface area contributed by atoms with Crippen molar-refractivity contribution in [2.75, 3.05) is 6.54 Å². The number of hydrogen-bond acceptors (Lipinski definition) is 3. The van der Waals surface area contributed by atoms with Gasteiger partial charge in [0.2, 0.25) is 11.8 Å². The van der Waals surface area contributed by atoms with Gasteiger partial charge in [-0.25, -0.2) is 0 Å². The smallest absolute Gasteiger partial charge is 0.223 e. The highest BCUT2D eigenvalue weighted by Gasteiger charge is 2.39. The van der Waals surface area contributed by atoms with Crippen LogP contribution in [0.1, 0.15) is 31.2 Å². The Kier molecular flexibility index (Phi) is 3.67. The van der Waals surface area contributed by atoms with Crippen LogP contribution < -0.4 is 5.32 Å². The molecule has 2 atom stereocenters. The third-order valence-electron chi connectivity index (χ3n) is 4.21. The number of carbonyl (C=O) groups is 2. The molecule has 0 spiro atoms. The number of aromatic nitrogens is 1. The van der Waals surface area contributed by atoms with Gasteiger partial charge in [-0.3, -0.25) is 14.6 Å². The normalized spacial score (nSPS) is 25.2. The molecule has 1 N–H and O–H groups in total. The number of amides is 2. The van der Waals surface area contributed by atoms with Crippen LogP contribution in [-0.2, 0) is 16.0 Å². The molecule has 1 aromatic heterocycles. The lowest BCUT2D eigenvalue weighted by atomic mass is 10.1. The SMILES string of the molecule is O=C1C[C@H]2CC[C@@H](CN1)N2C(=O)CCc1cccnc1. The van der Waals surface area contributed by atoms with Gasteiger partial charge in [0, 0.05) is 43.9 Å². The molecule has 2 fully saturated rings. The minimum Gasteiger partial charge on any atom is -0.354 e. The van der Waals surface area contributed by atoms with Gasteiger partial charge in [-0.05, 0) is 30.9 Å². The molecule has 0 unspecified atom stereocenters. The van der Waals surface area contributed by atoms with E-state index in [2.05, 4.69) is 10.3 Å². The second-order valence-corrected chi connectivity index (χ2v) is 5.56. The monoisotopic (exact) mass is 273 g/mol. The Hall–Kier alpha value is -1.91. The molecule has 0 aliphatic carbocycles. The Balaban J connectivity index is 1.63. The van der Waals surface area contributed by atoms with Crippen LogP contribution in [0.4, 0.5) is 0 Å². The molecule has 0 radical (unpaired) electrons. The summed E-state index contributed by atoms with van der Waals surface area (Å²) in [7, 11) is 0. The molecule has 0 saturated carbocycles. The molecule has 2 saturated heterocycles. The molecule has 106 valence electrons. The molecule has 2 amide bonds. The summed E-state index contributed by atoms with van der Waals surface area (Å²) in [6, 6.07) is 4.16. The van der Waals surface area contributed by atoms with Crippen LogP contribution in [0.3, 0.4) is 0 Å². The lowest BCUT2D eigenvalue weighted by Crippen LogP contribution is -2.42. The van der Waals surface area contributed by atoms with E-state index in [0.717, 1.165) is 18.4 Å². The summed E-state index contributed by atoms with van der Waals surface area (Å²) >= 11 is 0. The van der Waals surface area contributed by atoms with Gasteiger partial charge in [0.05, 0.1) is 0 Å². The first-order valence-corrected chi connectivity index (χ1v) is 7.21. The molecule has 5 nitrogen and oxygen atoms in total. The Morgan fingerprint density at radius 2 is 2.25 bits per heavy atom. The van der Waals surface area contributed by atoms with Crippen LogP contribution in [0.15, 0.2) is 24.5 Å². The van der Waals surface area contributed by atoms with Crippen molar-refractivity contribution >= 4 is 11.8 Å². The molecule has 2 aliphatic heterocycles. The zero-order valence-electron chi connectivity index (χ0n) is 11.4. The zero-order chi connectivity index (χ0) is 13.9. The summed E-state index contributed by atoms with van der Waals surface area (Å²) in [6.45, 7) is 0.605. The van der Waals surface area contributed by atoms with Gasteiger partial charge >= 0.3 is 0 Å². The Morgan fingerprint density at radius 1 is 1.40 bits per heavy atom. The van der Waals surface area contributed by atoms with Gasteiger partial charge in [-0.15, -0.1) is 0 Å². The fraction of sp³-hybridized carbons (Fsp3) is 0.533. The van der Waals surface area contributed by atoms with Crippen LogP contribution in [0.25, 0.3) is 0 Å². The maximum Gasteiger partial charge on any atom is 0.223 e. The maximum absolute atomic E-state index is 12.5. The zero-order valence-corrected chi connectivity index (χ0v) is 11.4. The first-order valence-electron chi connectivity index (χ1n) is 7.21. The number of hydrogen-bond donors (Lipinski definition) is 1. The highest BCUT2D eigenvalue weighted by molar-refractivity contribution is 5.81. The van der Waals surface area contributed by atoms with Crippen LogP contribution in [0.5, 0.6) is 0 Å². The summed E-state index contributed by atoms with van der Waals surface area (Å²) in [4.78, 5) is 30.0. The summed E-state index contributed by atoms with van der Waals surface area (Å²) < 4.78 is 0. The molecule has 2 aliphatic rings. The average Bonchev–Trinajstić information content (AvgIpc) is 2.77. The Bertz CT molecular complexity index is 503. The topological polar surface area (TPSA) is 62.3 Å². The molecular formula is C15H19N3O2. The number of pyridine rings is 1. The first-order chi connectivity index (χ1) is 9.74. The van der Waals surface area contributed by atoms with Gasteiger partial charge in [0.25, 0.3) is 0 Å². The lowest BCUT2D eigenvalue weighted by molar-refractivity contribution is -0.133. The van der Waals surface area contributed by atoms with Crippen molar-refractivity contribution in [1.82, 2.24) is 15.2 Å². The Labute approximate surface area is 118 Å². The minimum atomic E-state index is 0.0715. The molecule has 1 aromatic rings. The Morgan fingerprint density at radius 3 is 3.05 bits per heavy atom. The molecule has 20 heavy (non-hydrogen) atoms. The minimum absolute atomic E-state index is 0.0715. The van der Waals surface area contributed by atoms with Crippen LogP contribution in [-0.4, -0.2) is 40.3 Å². The predicted molar refractivity (Wildman–Crippen MR) is 73.8 cm³/mol. The van der Waals surface area contributed by atoms with Crippen molar-refractivity contribution in [1.29, 1.82) is 0 Å². The quantitative estimate of drug-likeness (QED) is 0.890. The van der Waals surface area contributed by atoms with Gasteiger partial charge in [-0.1, -0.05) is 6.07 Å². The van der Waals surface area contributed by atoms with E-state index in [1.54, 1.807) is 12.4 Å². The molecule has 2 bridgehead atoms. The van der Waals surface area contributed by atoms with E-state index in [9.17, 15) is 9.59 Å². The van der Waals surface area contributed by atoms with E-state index in [4.69, 9.17) is 0 Å². The summed E-state index contributed by atoms with van der Waals surface area (Å²) in [5.74, 6) is 0.236. The number of rotatable bonds is 3. The number of carbonyl (C=O) groups excluding carboxylic acids is 2. The second-order valence-electron chi connectivity index (χ2n) is 5.56. The molecule has 5 heteroatoms. The number of aryl methyl sites for hydroxylation is 1. The second kappa shape index (κ2) is 5.61. The highest BCUT2D eigenvalue weighted by Crippen LogP contribution is 2.29.